The Bertz CT molecular complexity index is 1240. The summed E-state index contributed by atoms with van der Waals surface area (Å²) in [5.74, 6) is -7.89. The van der Waals surface area contributed by atoms with Gasteiger partial charge < -0.3 is 15.2 Å². The normalized spacial score (nSPS) is 29.8. The van der Waals surface area contributed by atoms with E-state index < -0.39 is 59.6 Å². The molecule has 1 unspecified atom stereocenters. The predicted octanol–water partition coefficient (Wildman–Crippen LogP) is 3.97. The summed E-state index contributed by atoms with van der Waals surface area (Å²) in [6.45, 7) is 3.06. The third-order valence-electron chi connectivity index (χ3n) is 7.56. The quantitative estimate of drug-likeness (QED) is 0.607. The van der Waals surface area contributed by atoms with Crippen LogP contribution in [0.3, 0.4) is 0 Å². The van der Waals surface area contributed by atoms with Crippen LogP contribution in [0.15, 0.2) is 48.7 Å². The predicted molar refractivity (Wildman–Crippen MR) is 127 cm³/mol. The molecule has 1 saturated heterocycles. The van der Waals surface area contributed by atoms with Gasteiger partial charge in [-0.05, 0) is 31.1 Å². The topological polar surface area (TPSA) is 115 Å². The summed E-state index contributed by atoms with van der Waals surface area (Å²) in [6.07, 6.45) is 1.68. The second-order valence-corrected chi connectivity index (χ2v) is 9.49. The second kappa shape index (κ2) is 9.43. The number of rotatable bonds is 6. The minimum absolute atomic E-state index is 0.510. The maximum Gasteiger partial charge on any atom is 0.316 e. The zero-order valence-electron chi connectivity index (χ0n) is 20.2. The molecule has 0 spiro atoms. The van der Waals surface area contributed by atoms with Gasteiger partial charge in [0, 0.05) is 42.7 Å². The number of ether oxygens (including phenoxy) is 2. The molecule has 188 valence electrons. The molecule has 36 heavy (non-hydrogen) atoms. The van der Waals surface area contributed by atoms with Crippen molar-refractivity contribution in [1.29, 1.82) is 5.26 Å². The van der Waals surface area contributed by atoms with Gasteiger partial charge in [-0.15, -0.1) is 0 Å². The lowest BCUT2D eigenvalue weighted by Crippen LogP contribution is -2.61. The van der Waals surface area contributed by atoms with Crippen LogP contribution >= 0.6 is 0 Å². The van der Waals surface area contributed by atoms with Crippen LogP contribution in [-0.2, 0) is 19.1 Å². The van der Waals surface area contributed by atoms with Crippen LogP contribution in [0, 0.1) is 34.5 Å². The summed E-state index contributed by atoms with van der Waals surface area (Å²) in [7, 11) is 1.18. The van der Waals surface area contributed by atoms with Crippen molar-refractivity contribution >= 4 is 18.0 Å². The first-order valence-electron chi connectivity index (χ1n) is 11.6. The van der Waals surface area contributed by atoms with Gasteiger partial charge in [-0.2, -0.15) is 5.26 Å². The van der Waals surface area contributed by atoms with Crippen molar-refractivity contribution in [2.24, 2.45) is 28.9 Å². The van der Waals surface area contributed by atoms with Crippen LogP contribution in [0.4, 0.5) is 8.78 Å². The molecule has 2 aliphatic rings. The number of halogens is 2. The number of hydrogen-bond donors (Lipinski definition) is 1. The van der Waals surface area contributed by atoms with Crippen LogP contribution in [0.5, 0.6) is 0 Å². The molecule has 2 aromatic rings. The number of pyridine rings is 1. The van der Waals surface area contributed by atoms with Gasteiger partial charge >= 0.3 is 5.97 Å². The van der Waals surface area contributed by atoms with Gasteiger partial charge in [-0.25, -0.2) is 8.78 Å². The van der Waals surface area contributed by atoms with Crippen LogP contribution in [0.1, 0.15) is 31.5 Å². The number of benzene rings is 1. The number of nitrogens with zero attached hydrogens (tertiary/aromatic N) is 2. The third kappa shape index (κ3) is 4.05. The third-order valence-corrected chi connectivity index (χ3v) is 7.56. The SMILES string of the molecule is COC(C(N)=O)[C@@]12CC(F)(F)[C@@H](C)[C@H](/C=C/c3ccc(-c4ccccc4C#N)cn3)[C@@H]1[C@@H](C)OC2=O. The van der Waals surface area contributed by atoms with E-state index in [1.54, 1.807) is 49.5 Å². The summed E-state index contributed by atoms with van der Waals surface area (Å²) >= 11 is 0. The number of nitrogens with two attached hydrogens (primary N) is 1. The Balaban J connectivity index is 1.71. The molecule has 1 aromatic heterocycles. The molecule has 2 heterocycles. The van der Waals surface area contributed by atoms with E-state index in [0.29, 0.717) is 11.3 Å². The highest BCUT2D eigenvalue weighted by Gasteiger charge is 2.71. The standard InChI is InChI=1S/C27H27F2N3O4/c1-15-20(11-10-19-9-8-18(13-32-19)21-7-5-4-6-17(21)12-30)22-16(2)36-25(34)26(22,14-27(15,28)29)23(35-3)24(31)33/h4-11,13,15-16,20,22-23H,14H2,1-3H3,(H2,31,33)/b11-10+/t15-,16+,20-,22-,23?,26+/m0/s1. The van der Waals surface area contributed by atoms with Gasteiger partial charge in [0.2, 0.25) is 5.91 Å². The monoisotopic (exact) mass is 495 g/mol. The number of nitriles is 1. The number of amides is 1. The average molecular weight is 496 g/mol. The molecule has 2 N–H and O–H groups in total. The first kappa shape index (κ1) is 25.5. The molecule has 1 aliphatic heterocycles. The molecule has 1 saturated carbocycles. The zero-order valence-corrected chi connectivity index (χ0v) is 20.2. The van der Waals surface area contributed by atoms with Gasteiger partial charge in [0.1, 0.15) is 11.5 Å². The summed E-state index contributed by atoms with van der Waals surface area (Å²) in [5.41, 5.74) is 6.09. The smallest absolute Gasteiger partial charge is 0.316 e. The molecule has 9 heteroatoms. The molecule has 0 bridgehead atoms. The number of allylic oxidation sites excluding steroid dienone is 1. The van der Waals surface area contributed by atoms with E-state index in [0.717, 1.165) is 11.1 Å². The van der Waals surface area contributed by atoms with Crippen LogP contribution in [-0.4, -0.2) is 42.1 Å². The Labute approximate surface area is 207 Å². The lowest BCUT2D eigenvalue weighted by Gasteiger charge is -2.49. The van der Waals surface area contributed by atoms with Gasteiger partial charge in [0.05, 0.1) is 17.3 Å². The largest absolute Gasteiger partial charge is 0.462 e. The van der Waals surface area contributed by atoms with Gasteiger partial charge in [0.15, 0.2) is 6.10 Å². The average Bonchev–Trinajstić information content (AvgIpc) is 3.08. The number of carbonyl (C=O) groups excluding carboxylic acids is 2. The van der Waals surface area contributed by atoms with Crippen molar-refractivity contribution in [2.45, 2.75) is 38.4 Å². The molecule has 4 rings (SSSR count). The first-order valence-corrected chi connectivity index (χ1v) is 11.6. The van der Waals surface area contributed by atoms with Crippen LogP contribution < -0.4 is 5.73 Å². The van der Waals surface area contributed by atoms with Crippen molar-refractivity contribution in [3.63, 3.8) is 0 Å². The Hall–Kier alpha value is -3.64. The molecule has 7 nitrogen and oxygen atoms in total. The zero-order chi connectivity index (χ0) is 26.3. The Kier molecular flexibility index (Phi) is 6.67. The highest BCUT2D eigenvalue weighted by molar-refractivity contribution is 5.91. The maximum atomic E-state index is 15.3. The van der Waals surface area contributed by atoms with E-state index in [4.69, 9.17) is 15.2 Å². The molecule has 1 amide bonds. The molecule has 1 aromatic carbocycles. The maximum absolute atomic E-state index is 15.3. The minimum Gasteiger partial charge on any atom is -0.462 e. The number of alkyl halides is 2. The van der Waals surface area contributed by atoms with Crippen molar-refractivity contribution in [3.05, 3.63) is 59.9 Å². The fourth-order valence-corrected chi connectivity index (χ4v) is 5.84. The Morgan fingerprint density at radius 2 is 2.03 bits per heavy atom. The van der Waals surface area contributed by atoms with Crippen molar-refractivity contribution in [2.75, 3.05) is 7.11 Å². The van der Waals surface area contributed by atoms with E-state index in [1.807, 2.05) is 12.1 Å². The number of aromatic nitrogens is 1. The van der Waals surface area contributed by atoms with Crippen molar-refractivity contribution in [1.82, 2.24) is 4.98 Å². The number of primary amides is 1. The summed E-state index contributed by atoms with van der Waals surface area (Å²) in [5, 5.41) is 9.34. The van der Waals surface area contributed by atoms with Gasteiger partial charge in [0.25, 0.3) is 5.92 Å². The van der Waals surface area contributed by atoms with Gasteiger partial charge in [-0.1, -0.05) is 37.3 Å². The number of esters is 1. The highest BCUT2D eigenvalue weighted by atomic mass is 19.3. The Morgan fingerprint density at radius 1 is 1.31 bits per heavy atom. The Morgan fingerprint density at radius 3 is 2.64 bits per heavy atom. The van der Waals surface area contributed by atoms with E-state index in [2.05, 4.69) is 11.1 Å². The molecular formula is C27H27F2N3O4. The molecule has 2 fully saturated rings. The fraction of sp³-hybridized carbons (Fsp3) is 0.407. The molecule has 1 aliphatic carbocycles. The number of carbonyl (C=O) groups is 2. The number of methoxy groups -OCH3 is 1. The highest BCUT2D eigenvalue weighted by Crippen LogP contribution is 2.61. The summed E-state index contributed by atoms with van der Waals surface area (Å²) in [4.78, 5) is 29.6. The first-order chi connectivity index (χ1) is 17.1. The minimum atomic E-state index is -3.28. The second-order valence-electron chi connectivity index (χ2n) is 9.49. The van der Waals surface area contributed by atoms with E-state index >= 15 is 8.78 Å². The summed E-state index contributed by atoms with van der Waals surface area (Å²) < 4.78 is 41.3. The summed E-state index contributed by atoms with van der Waals surface area (Å²) in [6, 6.07) is 12.8. The van der Waals surface area contributed by atoms with Crippen LogP contribution in [0.25, 0.3) is 17.2 Å². The van der Waals surface area contributed by atoms with E-state index in [9.17, 15) is 14.9 Å². The number of fused-ring (bicyclic) bond motifs is 1. The van der Waals surface area contributed by atoms with Crippen molar-refractivity contribution in [3.8, 4) is 17.2 Å². The van der Waals surface area contributed by atoms with Crippen molar-refractivity contribution < 1.29 is 27.8 Å². The number of cyclic esters (lactones) is 1. The fourth-order valence-electron chi connectivity index (χ4n) is 5.84. The lowest BCUT2D eigenvalue weighted by molar-refractivity contribution is -0.195. The molecule has 0 radical (unpaired) electrons. The number of hydrogen-bond acceptors (Lipinski definition) is 6. The van der Waals surface area contributed by atoms with Gasteiger partial charge in [-0.3, -0.25) is 14.6 Å². The van der Waals surface area contributed by atoms with Crippen LogP contribution in [0.2, 0.25) is 0 Å². The molecular weight excluding hydrogens is 468 g/mol. The van der Waals surface area contributed by atoms with E-state index in [1.165, 1.54) is 14.0 Å². The van der Waals surface area contributed by atoms with E-state index in [-0.39, 0.29) is 0 Å². The lowest BCUT2D eigenvalue weighted by atomic mass is 9.54. The molecule has 6 atom stereocenters.